The van der Waals surface area contributed by atoms with E-state index in [9.17, 15) is 9.59 Å². The van der Waals surface area contributed by atoms with E-state index in [-0.39, 0.29) is 17.0 Å². The number of amides is 1. The maximum Gasteiger partial charge on any atom is 0.353 e. The van der Waals surface area contributed by atoms with Crippen molar-refractivity contribution in [3.8, 4) is 0 Å². The first-order valence-corrected chi connectivity index (χ1v) is 6.60. The quantitative estimate of drug-likeness (QED) is 0.640. The van der Waals surface area contributed by atoms with Gasteiger partial charge in [-0.15, -0.1) is 16.9 Å². The van der Waals surface area contributed by atoms with Crippen LogP contribution in [0.5, 0.6) is 0 Å². The summed E-state index contributed by atoms with van der Waals surface area (Å²) in [5.41, 5.74) is 1.20. The highest BCUT2D eigenvalue weighted by molar-refractivity contribution is 8.03. The van der Waals surface area contributed by atoms with Gasteiger partial charge in [-0.1, -0.05) is 5.21 Å². The van der Waals surface area contributed by atoms with Gasteiger partial charge in [0.05, 0.1) is 11.8 Å². The Kier molecular flexibility index (Phi) is 2.67. The Hall–Kier alpha value is -2.09. The van der Waals surface area contributed by atoms with Crippen molar-refractivity contribution < 1.29 is 14.7 Å². The Labute approximate surface area is 112 Å². The van der Waals surface area contributed by atoms with Gasteiger partial charge in [-0.3, -0.25) is 14.4 Å². The third kappa shape index (κ3) is 1.75. The Bertz CT molecular complexity index is 634. The molecule has 8 heteroatoms. The summed E-state index contributed by atoms with van der Waals surface area (Å²) in [5.74, 6) is -1.37. The topological polar surface area (TPSA) is 88.3 Å². The van der Waals surface area contributed by atoms with Crippen LogP contribution in [0.25, 0.3) is 6.08 Å². The Morgan fingerprint density at radius 3 is 3.05 bits per heavy atom. The first kappa shape index (κ1) is 12.0. The maximum atomic E-state index is 11.9. The molecule has 1 saturated heterocycles. The van der Waals surface area contributed by atoms with Gasteiger partial charge >= 0.3 is 5.97 Å². The van der Waals surface area contributed by atoms with Crippen molar-refractivity contribution in [2.24, 2.45) is 0 Å². The molecule has 0 aliphatic carbocycles. The normalized spacial score (nSPS) is 23.3. The summed E-state index contributed by atoms with van der Waals surface area (Å²) < 4.78 is 1.66. The van der Waals surface area contributed by atoms with Gasteiger partial charge < -0.3 is 5.11 Å². The van der Waals surface area contributed by atoms with E-state index in [0.717, 1.165) is 0 Å². The number of aryl methyl sites for hydroxylation is 1. The molecule has 0 bridgehead atoms. The van der Waals surface area contributed by atoms with Gasteiger partial charge in [-0.2, -0.15) is 0 Å². The van der Waals surface area contributed by atoms with Crippen molar-refractivity contribution in [3.63, 3.8) is 0 Å². The lowest BCUT2D eigenvalue weighted by Crippen LogP contribution is -2.51. The van der Waals surface area contributed by atoms with Gasteiger partial charge in [-0.05, 0) is 13.0 Å². The summed E-state index contributed by atoms with van der Waals surface area (Å²) in [6.07, 6.45) is 3.41. The number of carboxylic acids is 1. The van der Waals surface area contributed by atoms with Gasteiger partial charge in [-0.25, -0.2) is 4.79 Å². The summed E-state index contributed by atoms with van der Waals surface area (Å²) in [4.78, 5) is 24.1. The van der Waals surface area contributed by atoms with Crippen LogP contribution in [0, 0.1) is 0 Å². The minimum atomic E-state index is -1.08. The smallest absolute Gasteiger partial charge is 0.353 e. The number of carbonyl (C=O) groups is 2. The predicted molar refractivity (Wildman–Crippen MR) is 67.6 cm³/mol. The van der Waals surface area contributed by atoms with E-state index in [1.165, 1.54) is 22.1 Å². The average Bonchev–Trinajstić information content (AvgIpc) is 3.00. The van der Waals surface area contributed by atoms with Crippen LogP contribution in [0.1, 0.15) is 12.6 Å². The van der Waals surface area contributed by atoms with Crippen LogP contribution in [0.4, 0.5) is 0 Å². The Balaban J connectivity index is 1.83. The largest absolute Gasteiger partial charge is 0.477 e. The monoisotopic (exact) mass is 278 g/mol. The molecule has 1 amide bonds. The molecule has 7 nitrogen and oxygen atoms in total. The minimum absolute atomic E-state index is 0.0364. The Morgan fingerprint density at radius 2 is 2.42 bits per heavy atom. The number of rotatable bonds is 3. The summed E-state index contributed by atoms with van der Waals surface area (Å²) in [6.45, 7) is 2.65. The molecule has 2 aliphatic heterocycles. The molecule has 0 aromatic carbocycles. The van der Waals surface area contributed by atoms with Crippen molar-refractivity contribution in [2.45, 2.75) is 18.8 Å². The molecule has 3 heterocycles. The highest BCUT2D eigenvalue weighted by Gasteiger charge is 2.49. The Morgan fingerprint density at radius 1 is 1.63 bits per heavy atom. The summed E-state index contributed by atoms with van der Waals surface area (Å²) in [6, 6.07) is 0. The summed E-state index contributed by atoms with van der Waals surface area (Å²) in [5, 5.41) is 18.0. The molecule has 1 fully saturated rings. The number of aromatic nitrogens is 3. The van der Waals surface area contributed by atoms with E-state index >= 15 is 0 Å². The molecule has 1 aromatic heterocycles. The van der Waals surface area contributed by atoms with Gasteiger partial charge in [0.15, 0.2) is 0 Å². The first-order valence-electron chi connectivity index (χ1n) is 5.66. The fourth-order valence-electron chi connectivity index (χ4n) is 1.96. The molecule has 98 valence electrons. The number of carboxylic acid groups (broad SMARTS) is 1. The molecule has 0 saturated carbocycles. The van der Waals surface area contributed by atoms with Crippen LogP contribution in [0.2, 0.25) is 0 Å². The van der Waals surface area contributed by atoms with E-state index in [2.05, 4.69) is 10.3 Å². The van der Waals surface area contributed by atoms with Crippen molar-refractivity contribution in [3.05, 3.63) is 28.6 Å². The number of β-lactam (4-membered cyclic amide) rings is 1. The van der Waals surface area contributed by atoms with Crippen molar-refractivity contribution >= 4 is 29.7 Å². The number of hydrogen-bond acceptors (Lipinski definition) is 5. The van der Waals surface area contributed by atoms with E-state index in [1.54, 1.807) is 17.0 Å². The summed E-state index contributed by atoms with van der Waals surface area (Å²) >= 11 is 1.31. The molecular formula is C11H10N4O3S. The fraction of sp³-hybridized carbons (Fsp3) is 0.273. The van der Waals surface area contributed by atoms with Crippen LogP contribution < -0.4 is 0 Å². The van der Waals surface area contributed by atoms with Crippen LogP contribution >= 0.6 is 11.8 Å². The molecule has 1 atom stereocenters. The minimum Gasteiger partial charge on any atom is -0.477 e. The van der Waals surface area contributed by atoms with Gasteiger partial charge in [0, 0.05) is 12.0 Å². The lowest BCUT2D eigenvalue weighted by molar-refractivity contribution is -0.141. The molecule has 19 heavy (non-hydrogen) atoms. The highest BCUT2D eigenvalue weighted by atomic mass is 32.2. The van der Waals surface area contributed by atoms with E-state index < -0.39 is 5.97 Å². The molecule has 0 unspecified atom stereocenters. The molecular weight excluding hydrogens is 268 g/mol. The number of aliphatic carboxylic acids is 1. The zero-order valence-corrected chi connectivity index (χ0v) is 10.8. The molecule has 3 rings (SSSR count). The van der Waals surface area contributed by atoms with Crippen LogP contribution in [-0.2, 0) is 16.1 Å². The molecule has 0 spiro atoms. The average molecular weight is 278 g/mol. The number of fused-ring (bicyclic) bond motifs is 1. The fourth-order valence-corrected chi connectivity index (χ4v) is 3.08. The van der Waals surface area contributed by atoms with Crippen LogP contribution in [-0.4, -0.2) is 42.3 Å². The molecule has 0 radical (unpaired) electrons. The van der Waals surface area contributed by atoms with Crippen molar-refractivity contribution in [1.82, 2.24) is 19.9 Å². The van der Waals surface area contributed by atoms with Crippen molar-refractivity contribution in [1.29, 1.82) is 0 Å². The van der Waals surface area contributed by atoms with Crippen LogP contribution in [0.3, 0.4) is 0 Å². The number of carbonyl (C=O) groups excluding carboxylic acids is 1. The van der Waals surface area contributed by atoms with Crippen molar-refractivity contribution in [2.75, 3.05) is 0 Å². The second-order valence-corrected chi connectivity index (χ2v) is 5.03. The molecule has 1 N–H and O–H groups in total. The lowest BCUT2D eigenvalue weighted by Gasteiger charge is -2.36. The number of hydrogen-bond donors (Lipinski definition) is 1. The third-order valence-corrected chi connectivity index (χ3v) is 4.02. The van der Waals surface area contributed by atoms with Gasteiger partial charge in [0.1, 0.15) is 16.8 Å². The first-order chi connectivity index (χ1) is 9.11. The predicted octanol–water partition coefficient (Wildman–Crippen LogP) is 0.522. The van der Waals surface area contributed by atoms with E-state index in [0.29, 0.717) is 17.8 Å². The van der Waals surface area contributed by atoms with Crippen LogP contribution in [0.15, 0.2) is 22.9 Å². The second kappa shape index (κ2) is 4.23. The summed E-state index contributed by atoms with van der Waals surface area (Å²) in [7, 11) is 0. The van der Waals surface area contributed by atoms with E-state index in [1.807, 2.05) is 6.92 Å². The van der Waals surface area contributed by atoms with E-state index in [4.69, 9.17) is 5.11 Å². The maximum absolute atomic E-state index is 11.9. The highest BCUT2D eigenvalue weighted by Crippen LogP contribution is 2.44. The van der Waals surface area contributed by atoms with Gasteiger partial charge in [0.2, 0.25) is 0 Å². The zero-order chi connectivity index (χ0) is 13.6. The number of nitrogens with zero attached hydrogens (tertiary/aromatic N) is 4. The lowest BCUT2D eigenvalue weighted by atomic mass is 10.0. The second-order valence-electron chi connectivity index (χ2n) is 4.07. The third-order valence-electron chi connectivity index (χ3n) is 2.94. The van der Waals surface area contributed by atoms with Gasteiger partial charge in [0.25, 0.3) is 5.91 Å². The molecule has 1 aromatic rings. The zero-order valence-electron chi connectivity index (χ0n) is 9.98. The SMILES string of the molecule is CCn1cc(/C=C2\C(=O)N3C(C(=O)O)=CS[C@H]23)nn1. The molecule has 2 aliphatic rings. The standard InChI is InChI=1S/C11H10N4O3S/c1-2-14-4-6(12-13-14)3-7-9(16)15-8(11(17)18)5-19-10(7)15/h3-5,10H,2H2,1H3,(H,17,18)/b7-3+/t10-/m1/s1. The number of thioether (sulfide) groups is 1.